The molecule has 0 aliphatic heterocycles. The van der Waals surface area contributed by atoms with Crippen LogP contribution in [0.1, 0.15) is 30.9 Å². The zero-order valence-electron chi connectivity index (χ0n) is 13.7. The van der Waals surface area contributed by atoms with Crippen molar-refractivity contribution in [3.63, 3.8) is 0 Å². The van der Waals surface area contributed by atoms with E-state index in [-0.39, 0.29) is 5.91 Å². The highest BCUT2D eigenvalue weighted by Gasteiger charge is 2.15. The molecule has 118 valence electrons. The van der Waals surface area contributed by atoms with E-state index in [0.717, 1.165) is 22.2 Å². The Labute approximate surface area is 136 Å². The van der Waals surface area contributed by atoms with Gasteiger partial charge < -0.3 is 9.32 Å². The van der Waals surface area contributed by atoms with Crippen molar-refractivity contribution >= 4 is 22.6 Å². The van der Waals surface area contributed by atoms with Gasteiger partial charge in [0.25, 0.3) is 0 Å². The fourth-order valence-electron chi connectivity index (χ4n) is 2.67. The van der Waals surface area contributed by atoms with Gasteiger partial charge in [-0.1, -0.05) is 38.1 Å². The van der Waals surface area contributed by atoms with Crippen LogP contribution in [0.25, 0.3) is 11.0 Å². The van der Waals surface area contributed by atoms with Gasteiger partial charge in [0.05, 0.1) is 12.7 Å². The van der Waals surface area contributed by atoms with E-state index in [1.54, 1.807) is 18.2 Å². The van der Waals surface area contributed by atoms with Crippen LogP contribution in [0, 0.1) is 0 Å². The Morgan fingerprint density at radius 1 is 1.13 bits per heavy atom. The van der Waals surface area contributed by atoms with Crippen molar-refractivity contribution in [1.82, 2.24) is 0 Å². The van der Waals surface area contributed by atoms with E-state index in [0.29, 0.717) is 12.3 Å². The Kier molecular flexibility index (Phi) is 4.20. The van der Waals surface area contributed by atoms with Gasteiger partial charge in [-0.3, -0.25) is 4.79 Å². The topological polar surface area (TPSA) is 33.5 Å². The Morgan fingerprint density at radius 2 is 1.87 bits per heavy atom. The predicted octanol–water partition coefficient (Wildman–Crippen LogP) is 4.76. The van der Waals surface area contributed by atoms with Gasteiger partial charge in [0.2, 0.25) is 5.91 Å². The van der Waals surface area contributed by atoms with Crippen LogP contribution < -0.4 is 4.90 Å². The molecule has 0 atom stereocenters. The van der Waals surface area contributed by atoms with Gasteiger partial charge in [0, 0.05) is 23.7 Å². The van der Waals surface area contributed by atoms with Crippen molar-refractivity contribution in [2.45, 2.75) is 26.2 Å². The minimum atomic E-state index is 0.0499. The van der Waals surface area contributed by atoms with Crippen molar-refractivity contribution in [1.29, 1.82) is 0 Å². The molecular formula is C20H21NO2. The average molecular weight is 307 g/mol. The van der Waals surface area contributed by atoms with Gasteiger partial charge >= 0.3 is 0 Å². The Balaban J connectivity index is 1.86. The molecule has 23 heavy (non-hydrogen) atoms. The molecule has 0 unspecified atom stereocenters. The van der Waals surface area contributed by atoms with Gasteiger partial charge in [-0.25, -0.2) is 0 Å². The molecule has 0 saturated heterocycles. The fraction of sp³-hybridized carbons (Fsp3) is 0.250. The van der Waals surface area contributed by atoms with Crippen LogP contribution in [0.4, 0.5) is 5.69 Å². The molecule has 0 fully saturated rings. The summed E-state index contributed by atoms with van der Waals surface area (Å²) in [7, 11) is 1.81. The fourth-order valence-corrected chi connectivity index (χ4v) is 2.67. The summed E-state index contributed by atoms with van der Waals surface area (Å²) in [6.07, 6.45) is 2.03. The number of hydrogen-bond acceptors (Lipinski definition) is 2. The molecule has 3 rings (SSSR count). The lowest BCUT2D eigenvalue weighted by molar-refractivity contribution is -0.117. The molecule has 0 N–H and O–H groups in total. The smallest absolute Gasteiger partial charge is 0.231 e. The third-order valence-electron chi connectivity index (χ3n) is 4.20. The number of fused-ring (bicyclic) bond motifs is 1. The van der Waals surface area contributed by atoms with E-state index in [1.165, 1.54) is 5.56 Å². The molecule has 0 aliphatic carbocycles. The van der Waals surface area contributed by atoms with Crippen LogP contribution in [0.3, 0.4) is 0 Å². The summed E-state index contributed by atoms with van der Waals surface area (Å²) < 4.78 is 5.60. The number of rotatable bonds is 4. The zero-order valence-corrected chi connectivity index (χ0v) is 13.7. The third kappa shape index (κ3) is 3.14. The number of carbonyl (C=O) groups is 1. The van der Waals surface area contributed by atoms with E-state index >= 15 is 0 Å². The first-order valence-corrected chi connectivity index (χ1v) is 7.88. The summed E-state index contributed by atoms with van der Waals surface area (Å²) in [5.74, 6) is 0.499. The Hall–Kier alpha value is -2.55. The summed E-state index contributed by atoms with van der Waals surface area (Å²) in [5.41, 5.74) is 3.92. The van der Waals surface area contributed by atoms with Gasteiger partial charge in [-0.05, 0) is 35.7 Å². The van der Waals surface area contributed by atoms with Crippen molar-refractivity contribution in [3.8, 4) is 0 Å². The molecule has 0 radical (unpaired) electrons. The molecule has 3 aromatic rings. The highest BCUT2D eigenvalue weighted by atomic mass is 16.3. The van der Waals surface area contributed by atoms with Gasteiger partial charge in [0.1, 0.15) is 5.58 Å². The number of anilines is 1. The SMILES string of the molecule is CC(C)c1ccc2occ(CC(=O)N(C)c3ccccc3)c2c1. The molecule has 1 heterocycles. The second-order valence-corrected chi connectivity index (χ2v) is 6.14. The third-order valence-corrected chi connectivity index (χ3v) is 4.20. The molecule has 1 aromatic heterocycles. The summed E-state index contributed by atoms with van der Waals surface area (Å²) in [6.45, 7) is 4.32. The van der Waals surface area contributed by atoms with E-state index < -0.39 is 0 Å². The first kappa shape index (κ1) is 15.3. The average Bonchev–Trinajstić information content (AvgIpc) is 2.97. The zero-order chi connectivity index (χ0) is 16.4. The standard InChI is InChI=1S/C20H21NO2/c1-14(2)15-9-10-19-18(11-15)16(13-23-19)12-20(22)21(3)17-7-5-4-6-8-17/h4-11,13-14H,12H2,1-3H3. The summed E-state index contributed by atoms with van der Waals surface area (Å²) in [5, 5.41) is 1.03. The number of amides is 1. The van der Waals surface area contributed by atoms with Crippen molar-refractivity contribution in [2.24, 2.45) is 0 Å². The van der Waals surface area contributed by atoms with Crippen LogP contribution in [-0.2, 0) is 11.2 Å². The van der Waals surface area contributed by atoms with E-state index in [4.69, 9.17) is 4.42 Å². The summed E-state index contributed by atoms with van der Waals surface area (Å²) >= 11 is 0. The molecule has 0 bridgehead atoms. The highest BCUT2D eigenvalue weighted by Crippen LogP contribution is 2.26. The second-order valence-electron chi connectivity index (χ2n) is 6.14. The number of hydrogen-bond donors (Lipinski definition) is 0. The lowest BCUT2D eigenvalue weighted by Gasteiger charge is -2.16. The van der Waals surface area contributed by atoms with Crippen LogP contribution in [0.2, 0.25) is 0 Å². The monoisotopic (exact) mass is 307 g/mol. The second kappa shape index (κ2) is 6.29. The lowest BCUT2D eigenvalue weighted by Crippen LogP contribution is -2.27. The van der Waals surface area contributed by atoms with Crippen LogP contribution in [0.5, 0.6) is 0 Å². The molecule has 3 heteroatoms. The first-order chi connectivity index (χ1) is 11.1. The molecule has 2 aromatic carbocycles. The molecular weight excluding hydrogens is 286 g/mol. The number of nitrogens with zero attached hydrogens (tertiary/aromatic N) is 1. The summed E-state index contributed by atoms with van der Waals surface area (Å²) in [4.78, 5) is 14.2. The van der Waals surface area contributed by atoms with E-state index in [1.807, 2.05) is 36.4 Å². The molecule has 0 aliphatic rings. The number of benzene rings is 2. The minimum absolute atomic E-state index is 0.0499. The maximum atomic E-state index is 12.6. The van der Waals surface area contributed by atoms with Gasteiger partial charge in [0.15, 0.2) is 0 Å². The maximum Gasteiger partial charge on any atom is 0.231 e. The van der Waals surface area contributed by atoms with Crippen LogP contribution in [-0.4, -0.2) is 13.0 Å². The van der Waals surface area contributed by atoms with Gasteiger partial charge in [-0.15, -0.1) is 0 Å². The Bertz CT molecular complexity index is 818. The maximum absolute atomic E-state index is 12.6. The number of carbonyl (C=O) groups excluding carboxylic acids is 1. The lowest BCUT2D eigenvalue weighted by atomic mass is 10.00. The summed E-state index contributed by atoms with van der Waals surface area (Å²) in [6, 6.07) is 15.9. The molecule has 0 spiro atoms. The molecule has 1 amide bonds. The molecule has 0 saturated carbocycles. The Morgan fingerprint density at radius 3 is 2.57 bits per heavy atom. The quantitative estimate of drug-likeness (QED) is 0.696. The highest BCUT2D eigenvalue weighted by molar-refractivity contribution is 5.96. The number of para-hydroxylation sites is 1. The number of likely N-dealkylation sites (N-methyl/N-ethyl adjacent to an activating group) is 1. The van der Waals surface area contributed by atoms with Crippen molar-refractivity contribution < 1.29 is 9.21 Å². The molecule has 3 nitrogen and oxygen atoms in total. The van der Waals surface area contributed by atoms with Crippen molar-refractivity contribution in [2.75, 3.05) is 11.9 Å². The number of furan rings is 1. The van der Waals surface area contributed by atoms with E-state index in [9.17, 15) is 4.79 Å². The first-order valence-electron chi connectivity index (χ1n) is 7.88. The normalized spacial score (nSPS) is 11.1. The van der Waals surface area contributed by atoms with Crippen molar-refractivity contribution in [3.05, 3.63) is 65.9 Å². The minimum Gasteiger partial charge on any atom is -0.464 e. The largest absolute Gasteiger partial charge is 0.464 e. The van der Waals surface area contributed by atoms with Gasteiger partial charge in [-0.2, -0.15) is 0 Å². The predicted molar refractivity (Wildman–Crippen MR) is 93.9 cm³/mol. The van der Waals surface area contributed by atoms with Crippen LogP contribution >= 0.6 is 0 Å². The van der Waals surface area contributed by atoms with Crippen LogP contribution in [0.15, 0.2) is 59.2 Å². The van der Waals surface area contributed by atoms with E-state index in [2.05, 4.69) is 26.0 Å².